The highest BCUT2D eigenvalue weighted by molar-refractivity contribution is 6.33. The highest BCUT2D eigenvalue weighted by atomic mass is 35.5. The monoisotopic (exact) mass is 228 g/mol. The Morgan fingerprint density at radius 3 is 2.67 bits per heavy atom. The summed E-state index contributed by atoms with van der Waals surface area (Å²) in [6.07, 6.45) is 1.96. The van der Waals surface area contributed by atoms with Gasteiger partial charge in [0.15, 0.2) is 0 Å². The molecule has 2 rings (SSSR count). The third-order valence-corrected chi connectivity index (χ3v) is 2.44. The van der Waals surface area contributed by atoms with Gasteiger partial charge in [-0.15, -0.1) is 0 Å². The second kappa shape index (κ2) is 3.58. The predicted octanol–water partition coefficient (Wildman–Crippen LogP) is 1.26. The van der Waals surface area contributed by atoms with E-state index >= 15 is 0 Å². The van der Waals surface area contributed by atoms with E-state index in [1.165, 1.54) is 6.07 Å². The van der Waals surface area contributed by atoms with Crippen LogP contribution >= 0.6 is 11.6 Å². The quantitative estimate of drug-likeness (QED) is 0.728. The van der Waals surface area contributed by atoms with Crippen molar-refractivity contribution in [3.05, 3.63) is 22.5 Å². The molecule has 1 amide bonds. The number of rotatable bonds is 3. The van der Waals surface area contributed by atoms with Crippen molar-refractivity contribution in [1.82, 2.24) is 10.3 Å². The van der Waals surface area contributed by atoms with Crippen LogP contribution in [0.4, 0.5) is 0 Å². The predicted molar refractivity (Wildman–Crippen MR) is 53.3 cm³/mol. The number of carbonyl (C=O) groups is 2. The number of aromatic nitrogens is 1. The van der Waals surface area contributed by atoms with E-state index in [1.54, 1.807) is 0 Å². The highest BCUT2D eigenvalue weighted by Crippen LogP contribution is 2.21. The SMILES string of the molecule is O=C(NC1CC1)c1cc(Cl)c(C(=O)O)[nH]1. The molecule has 1 saturated carbocycles. The molecule has 0 bridgehead atoms. The fraction of sp³-hybridized carbons (Fsp3) is 0.333. The van der Waals surface area contributed by atoms with Gasteiger partial charge in [-0.2, -0.15) is 0 Å². The van der Waals surface area contributed by atoms with Crippen molar-refractivity contribution in [2.24, 2.45) is 0 Å². The Labute approximate surface area is 90.4 Å². The van der Waals surface area contributed by atoms with Gasteiger partial charge >= 0.3 is 5.97 Å². The van der Waals surface area contributed by atoms with Crippen molar-refractivity contribution >= 4 is 23.5 Å². The number of hydrogen-bond donors (Lipinski definition) is 3. The summed E-state index contributed by atoms with van der Waals surface area (Å²) in [6.45, 7) is 0. The van der Waals surface area contributed by atoms with Gasteiger partial charge in [-0.1, -0.05) is 11.6 Å². The molecule has 0 aliphatic heterocycles. The van der Waals surface area contributed by atoms with E-state index in [4.69, 9.17) is 16.7 Å². The van der Waals surface area contributed by atoms with Crippen molar-refractivity contribution < 1.29 is 14.7 Å². The first-order valence-electron chi connectivity index (χ1n) is 4.50. The third kappa shape index (κ3) is 2.12. The second-order valence-electron chi connectivity index (χ2n) is 3.46. The average Bonchev–Trinajstić information content (AvgIpc) is 2.86. The summed E-state index contributed by atoms with van der Waals surface area (Å²) in [6, 6.07) is 1.55. The lowest BCUT2D eigenvalue weighted by atomic mass is 10.4. The summed E-state index contributed by atoms with van der Waals surface area (Å²) >= 11 is 5.64. The van der Waals surface area contributed by atoms with Crippen LogP contribution in [-0.2, 0) is 0 Å². The summed E-state index contributed by atoms with van der Waals surface area (Å²) in [4.78, 5) is 24.6. The van der Waals surface area contributed by atoms with Gasteiger partial charge in [0, 0.05) is 6.04 Å². The molecule has 1 aromatic heterocycles. The van der Waals surface area contributed by atoms with E-state index in [1.807, 2.05) is 0 Å². The van der Waals surface area contributed by atoms with Gasteiger partial charge in [-0.05, 0) is 18.9 Å². The van der Waals surface area contributed by atoms with Gasteiger partial charge in [0.25, 0.3) is 5.91 Å². The minimum absolute atomic E-state index is 0.0449. The van der Waals surface area contributed by atoms with Gasteiger partial charge in [-0.25, -0.2) is 4.79 Å². The van der Waals surface area contributed by atoms with Crippen molar-refractivity contribution in [2.45, 2.75) is 18.9 Å². The summed E-state index contributed by atoms with van der Waals surface area (Å²) in [5.74, 6) is -1.49. The molecule has 1 aromatic rings. The average molecular weight is 229 g/mol. The topological polar surface area (TPSA) is 82.2 Å². The zero-order valence-electron chi connectivity index (χ0n) is 7.71. The Kier molecular flexibility index (Phi) is 2.40. The summed E-state index contributed by atoms with van der Waals surface area (Å²) in [5, 5.41) is 11.5. The summed E-state index contributed by atoms with van der Waals surface area (Å²) in [7, 11) is 0. The van der Waals surface area contributed by atoms with Crippen molar-refractivity contribution in [3.63, 3.8) is 0 Å². The van der Waals surface area contributed by atoms with Crippen molar-refractivity contribution in [1.29, 1.82) is 0 Å². The fourth-order valence-corrected chi connectivity index (χ4v) is 1.44. The molecule has 0 atom stereocenters. The van der Waals surface area contributed by atoms with Gasteiger partial charge in [0.1, 0.15) is 11.4 Å². The molecule has 0 saturated heterocycles. The minimum Gasteiger partial charge on any atom is -0.477 e. The first kappa shape index (κ1) is 10.0. The lowest BCUT2D eigenvalue weighted by molar-refractivity contribution is 0.0691. The number of carbonyl (C=O) groups excluding carboxylic acids is 1. The van der Waals surface area contributed by atoms with Crippen LogP contribution in [0.5, 0.6) is 0 Å². The molecule has 80 valence electrons. The number of carboxylic acids is 1. The molecule has 0 unspecified atom stereocenters. The fourth-order valence-electron chi connectivity index (χ4n) is 1.20. The number of aromatic carboxylic acids is 1. The lowest BCUT2D eigenvalue weighted by Gasteiger charge is -1.99. The number of amides is 1. The van der Waals surface area contributed by atoms with E-state index in [0.717, 1.165) is 12.8 Å². The lowest BCUT2D eigenvalue weighted by Crippen LogP contribution is -2.25. The van der Waals surface area contributed by atoms with Gasteiger partial charge in [0.05, 0.1) is 5.02 Å². The molecule has 5 nitrogen and oxygen atoms in total. The zero-order valence-corrected chi connectivity index (χ0v) is 8.47. The third-order valence-electron chi connectivity index (χ3n) is 2.14. The minimum atomic E-state index is -1.18. The van der Waals surface area contributed by atoms with E-state index in [9.17, 15) is 9.59 Å². The highest BCUT2D eigenvalue weighted by Gasteiger charge is 2.25. The largest absolute Gasteiger partial charge is 0.477 e. The van der Waals surface area contributed by atoms with Gasteiger partial charge < -0.3 is 15.4 Å². The molecule has 0 aromatic carbocycles. The molecule has 15 heavy (non-hydrogen) atoms. The van der Waals surface area contributed by atoms with Crippen LogP contribution in [0, 0.1) is 0 Å². The number of halogens is 1. The molecule has 6 heteroatoms. The Hall–Kier alpha value is -1.49. The van der Waals surface area contributed by atoms with Crippen LogP contribution < -0.4 is 5.32 Å². The number of H-pyrrole nitrogens is 1. The maximum absolute atomic E-state index is 11.5. The number of nitrogens with one attached hydrogen (secondary N) is 2. The molecule has 0 radical (unpaired) electrons. The van der Waals surface area contributed by atoms with Gasteiger partial charge in [-0.3, -0.25) is 4.79 Å². The molecule has 3 N–H and O–H groups in total. The maximum Gasteiger partial charge on any atom is 0.353 e. The van der Waals surface area contributed by atoms with Crippen LogP contribution in [0.2, 0.25) is 5.02 Å². The zero-order chi connectivity index (χ0) is 11.0. The number of carboxylic acid groups (broad SMARTS) is 1. The molecule has 1 aliphatic carbocycles. The van der Waals surface area contributed by atoms with E-state index in [-0.39, 0.29) is 28.4 Å². The Morgan fingerprint density at radius 1 is 1.53 bits per heavy atom. The molecule has 0 spiro atoms. The van der Waals surface area contributed by atoms with Crippen LogP contribution in [-0.4, -0.2) is 28.0 Å². The van der Waals surface area contributed by atoms with Crippen LogP contribution in [0.3, 0.4) is 0 Å². The summed E-state index contributed by atoms with van der Waals surface area (Å²) in [5.41, 5.74) is 0.0295. The number of hydrogen-bond acceptors (Lipinski definition) is 2. The molecular formula is C9H9ClN2O3. The van der Waals surface area contributed by atoms with Crippen LogP contribution in [0.15, 0.2) is 6.07 Å². The smallest absolute Gasteiger partial charge is 0.353 e. The Morgan fingerprint density at radius 2 is 2.20 bits per heavy atom. The first-order valence-corrected chi connectivity index (χ1v) is 4.88. The van der Waals surface area contributed by atoms with Crippen LogP contribution in [0.1, 0.15) is 33.8 Å². The normalized spacial score (nSPS) is 15.0. The van der Waals surface area contributed by atoms with Gasteiger partial charge in [0.2, 0.25) is 0 Å². The van der Waals surface area contributed by atoms with E-state index < -0.39 is 5.97 Å². The standard InChI is InChI=1S/C9H9ClN2O3/c10-5-3-6(12-7(5)9(14)15)8(13)11-4-1-2-4/h3-4,12H,1-2H2,(H,11,13)(H,14,15). The summed E-state index contributed by atoms with van der Waals surface area (Å²) < 4.78 is 0. The molecular weight excluding hydrogens is 220 g/mol. The Balaban J connectivity index is 2.17. The van der Waals surface area contributed by atoms with Crippen molar-refractivity contribution in [3.8, 4) is 0 Å². The Bertz CT molecular complexity index is 423. The van der Waals surface area contributed by atoms with E-state index in [2.05, 4.69) is 10.3 Å². The molecule has 1 heterocycles. The van der Waals surface area contributed by atoms with Crippen LogP contribution in [0.25, 0.3) is 0 Å². The first-order chi connectivity index (χ1) is 7.08. The molecule has 1 aliphatic rings. The maximum atomic E-state index is 11.5. The van der Waals surface area contributed by atoms with Crippen molar-refractivity contribution in [2.75, 3.05) is 0 Å². The molecule has 1 fully saturated rings. The van der Waals surface area contributed by atoms with E-state index in [0.29, 0.717) is 0 Å². The number of aromatic amines is 1. The second-order valence-corrected chi connectivity index (χ2v) is 3.87.